The maximum Gasteiger partial charge on any atom is 0.128 e. The maximum absolute atomic E-state index is 13.3. The minimum atomic E-state index is -0.248. The molecule has 0 amide bonds. The Kier molecular flexibility index (Phi) is 3.24. The molecule has 5 heteroatoms. The van der Waals surface area contributed by atoms with Crippen LogP contribution >= 0.6 is 23.4 Å². The first-order chi connectivity index (χ1) is 8.66. The van der Waals surface area contributed by atoms with Crippen molar-refractivity contribution in [1.29, 1.82) is 0 Å². The van der Waals surface area contributed by atoms with E-state index in [0.29, 0.717) is 11.6 Å². The number of halogens is 2. The van der Waals surface area contributed by atoms with Crippen molar-refractivity contribution in [3.63, 3.8) is 0 Å². The highest BCUT2D eigenvalue weighted by Gasteiger charge is 2.24. The summed E-state index contributed by atoms with van der Waals surface area (Å²) in [7, 11) is 0. The van der Waals surface area contributed by atoms with Crippen molar-refractivity contribution < 1.29 is 4.39 Å². The van der Waals surface area contributed by atoms with Gasteiger partial charge in [-0.05, 0) is 31.2 Å². The Hall–Kier alpha value is -0.740. The normalized spacial score (nSPS) is 21.6. The lowest BCUT2D eigenvalue weighted by atomic mass is 10.2. The quantitative estimate of drug-likeness (QED) is 0.771. The van der Waals surface area contributed by atoms with Crippen LogP contribution in [0.5, 0.6) is 0 Å². The van der Waals surface area contributed by atoms with Gasteiger partial charge in [0.2, 0.25) is 0 Å². The number of fused-ring (bicyclic) bond motifs is 1. The average Bonchev–Trinajstić information content (AvgIpc) is 2.92. The number of imidazole rings is 1. The number of benzene rings is 1. The maximum atomic E-state index is 13.3. The number of rotatable bonds is 2. The van der Waals surface area contributed by atoms with E-state index in [4.69, 9.17) is 11.6 Å². The minimum Gasteiger partial charge on any atom is -0.323 e. The molecule has 0 bridgehead atoms. The first-order valence-corrected chi connectivity index (χ1v) is 7.65. The molecule has 18 heavy (non-hydrogen) atoms. The standard InChI is InChI=1S/C13H14ClFN2S/c1-8(14)13-16-11-6-9(15)2-3-12(11)17(13)10-4-5-18-7-10/h2-3,6,8,10H,4-5,7H2,1H3. The molecule has 2 heterocycles. The summed E-state index contributed by atoms with van der Waals surface area (Å²) in [4.78, 5) is 4.50. The van der Waals surface area contributed by atoms with E-state index >= 15 is 0 Å². The van der Waals surface area contributed by atoms with E-state index in [1.54, 1.807) is 0 Å². The first-order valence-electron chi connectivity index (χ1n) is 6.06. The Morgan fingerprint density at radius 2 is 2.39 bits per heavy atom. The van der Waals surface area contributed by atoms with E-state index < -0.39 is 0 Å². The van der Waals surface area contributed by atoms with Gasteiger partial charge in [0.1, 0.15) is 11.6 Å². The highest BCUT2D eigenvalue weighted by Crippen LogP contribution is 2.35. The van der Waals surface area contributed by atoms with Crippen LogP contribution in [-0.2, 0) is 0 Å². The van der Waals surface area contributed by atoms with Crippen LogP contribution in [0.3, 0.4) is 0 Å². The highest BCUT2D eigenvalue weighted by molar-refractivity contribution is 7.99. The zero-order valence-corrected chi connectivity index (χ0v) is 11.6. The monoisotopic (exact) mass is 284 g/mol. The Balaban J connectivity index is 2.21. The van der Waals surface area contributed by atoms with Crippen LogP contribution in [0, 0.1) is 5.82 Å². The molecule has 2 aromatic rings. The molecule has 1 aliphatic heterocycles. The molecule has 0 saturated carbocycles. The summed E-state index contributed by atoms with van der Waals surface area (Å²) >= 11 is 8.16. The molecule has 1 saturated heterocycles. The Labute approximate surface area is 115 Å². The zero-order chi connectivity index (χ0) is 12.7. The Morgan fingerprint density at radius 1 is 1.56 bits per heavy atom. The predicted molar refractivity (Wildman–Crippen MR) is 74.9 cm³/mol. The van der Waals surface area contributed by atoms with Crippen molar-refractivity contribution in [1.82, 2.24) is 9.55 Å². The van der Waals surface area contributed by atoms with Crippen LogP contribution in [-0.4, -0.2) is 21.1 Å². The summed E-state index contributed by atoms with van der Waals surface area (Å²) in [5, 5.41) is -0.161. The molecular weight excluding hydrogens is 271 g/mol. The summed E-state index contributed by atoms with van der Waals surface area (Å²) in [5.41, 5.74) is 1.70. The second-order valence-corrected chi connectivity index (χ2v) is 6.41. The minimum absolute atomic E-state index is 0.161. The van der Waals surface area contributed by atoms with Crippen LogP contribution in [0.1, 0.15) is 30.6 Å². The van der Waals surface area contributed by atoms with E-state index in [-0.39, 0.29) is 11.2 Å². The van der Waals surface area contributed by atoms with Crippen LogP contribution in [0.2, 0.25) is 0 Å². The number of hydrogen-bond donors (Lipinski definition) is 0. The number of thioether (sulfide) groups is 1. The van der Waals surface area contributed by atoms with Crippen LogP contribution in [0.4, 0.5) is 4.39 Å². The topological polar surface area (TPSA) is 17.8 Å². The van der Waals surface area contributed by atoms with E-state index in [9.17, 15) is 4.39 Å². The number of alkyl halides is 1. The summed E-state index contributed by atoms with van der Waals surface area (Å²) in [6, 6.07) is 5.22. The summed E-state index contributed by atoms with van der Waals surface area (Å²) in [6.07, 6.45) is 1.13. The van der Waals surface area contributed by atoms with E-state index in [1.807, 2.05) is 24.8 Å². The third-order valence-electron chi connectivity index (χ3n) is 3.31. The summed E-state index contributed by atoms with van der Waals surface area (Å²) in [6.45, 7) is 1.91. The van der Waals surface area contributed by atoms with E-state index in [1.165, 1.54) is 17.9 Å². The van der Waals surface area contributed by atoms with Gasteiger partial charge in [0, 0.05) is 17.9 Å². The third-order valence-corrected chi connectivity index (χ3v) is 4.65. The van der Waals surface area contributed by atoms with E-state index in [2.05, 4.69) is 9.55 Å². The fourth-order valence-corrected chi connectivity index (χ4v) is 3.83. The molecule has 2 unspecified atom stereocenters. The van der Waals surface area contributed by atoms with Gasteiger partial charge < -0.3 is 4.57 Å². The zero-order valence-electron chi connectivity index (χ0n) is 10.1. The van der Waals surface area contributed by atoms with Crippen molar-refractivity contribution in [2.75, 3.05) is 11.5 Å². The van der Waals surface area contributed by atoms with Crippen molar-refractivity contribution in [3.05, 3.63) is 29.8 Å². The van der Waals surface area contributed by atoms with Gasteiger partial charge in [-0.1, -0.05) is 0 Å². The Bertz CT molecular complexity index is 576. The summed E-state index contributed by atoms with van der Waals surface area (Å²) in [5.74, 6) is 2.85. The number of hydrogen-bond acceptors (Lipinski definition) is 2. The van der Waals surface area contributed by atoms with Gasteiger partial charge in [-0.15, -0.1) is 11.6 Å². The number of nitrogens with zero attached hydrogens (tertiary/aromatic N) is 2. The SMILES string of the molecule is CC(Cl)c1nc2cc(F)ccc2n1C1CCSC1. The first kappa shape index (κ1) is 12.3. The fraction of sp³-hybridized carbons (Fsp3) is 0.462. The van der Waals surface area contributed by atoms with Gasteiger partial charge in [0.05, 0.1) is 16.4 Å². The molecule has 0 aliphatic carbocycles. The summed E-state index contributed by atoms with van der Waals surface area (Å²) < 4.78 is 15.5. The van der Waals surface area contributed by atoms with Gasteiger partial charge in [0.25, 0.3) is 0 Å². The fourth-order valence-electron chi connectivity index (χ4n) is 2.48. The lowest BCUT2D eigenvalue weighted by molar-refractivity contribution is 0.549. The molecule has 96 valence electrons. The molecule has 0 N–H and O–H groups in total. The van der Waals surface area contributed by atoms with Gasteiger partial charge in [-0.3, -0.25) is 0 Å². The molecule has 2 nitrogen and oxygen atoms in total. The largest absolute Gasteiger partial charge is 0.323 e. The van der Waals surface area contributed by atoms with Crippen molar-refractivity contribution in [2.24, 2.45) is 0 Å². The van der Waals surface area contributed by atoms with Gasteiger partial charge >= 0.3 is 0 Å². The number of aromatic nitrogens is 2. The molecule has 1 aliphatic rings. The molecule has 1 fully saturated rings. The van der Waals surface area contributed by atoms with Crippen molar-refractivity contribution in [2.45, 2.75) is 24.8 Å². The lowest BCUT2D eigenvalue weighted by Crippen LogP contribution is -2.12. The smallest absolute Gasteiger partial charge is 0.128 e. The average molecular weight is 285 g/mol. The molecular formula is C13H14ClFN2S. The molecule has 3 rings (SSSR count). The highest BCUT2D eigenvalue weighted by atomic mass is 35.5. The van der Waals surface area contributed by atoms with Crippen LogP contribution in [0.15, 0.2) is 18.2 Å². The van der Waals surface area contributed by atoms with Gasteiger partial charge in [0.15, 0.2) is 0 Å². The Morgan fingerprint density at radius 3 is 3.06 bits per heavy atom. The molecule has 1 aromatic carbocycles. The predicted octanol–water partition coefficient (Wildman–Crippen LogP) is 4.15. The van der Waals surface area contributed by atoms with Gasteiger partial charge in [-0.25, -0.2) is 9.37 Å². The molecule has 1 aromatic heterocycles. The van der Waals surface area contributed by atoms with Crippen LogP contribution < -0.4 is 0 Å². The lowest BCUT2D eigenvalue weighted by Gasteiger charge is -2.16. The molecule has 0 radical (unpaired) electrons. The van der Waals surface area contributed by atoms with Crippen molar-refractivity contribution in [3.8, 4) is 0 Å². The van der Waals surface area contributed by atoms with Gasteiger partial charge in [-0.2, -0.15) is 11.8 Å². The van der Waals surface area contributed by atoms with Crippen molar-refractivity contribution >= 4 is 34.4 Å². The second kappa shape index (κ2) is 4.74. The molecule has 2 atom stereocenters. The van der Waals surface area contributed by atoms with Crippen LogP contribution in [0.25, 0.3) is 11.0 Å². The molecule has 0 spiro atoms. The van der Waals surface area contributed by atoms with E-state index in [0.717, 1.165) is 23.5 Å². The third kappa shape index (κ3) is 2.01. The second-order valence-electron chi connectivity index (χ2n) is 4.61.